The van der Waals surface area contributed by atoms with E-state index in [1.165, 1.54) is 11.1 Å². The number of carbonyl (C=O) groups is 1. The molecule has 5 heteroatoms. The minimum atomic E-state index is -0.187. The highest BCUT2D eigenvalue weighted by Crippen LogP contribution is 2.26. The van der Waals surface area contributed by atoms with Crippen molar-refractivity contribution < 1.29 is 4.79 Å². The molecule has 1 aliphatic heterocycles. The molecule has 0 unspecified atom stereocenters. The molecule has 0 radical (unpaired) electrons. The molecule has 0 atom stereocenters. The van der Waals surface area contributed by atoms with Crippen molar-refractivity contribution in [2.75, 3.05) is 11.9 Å². The Morgan fingerprint density at radius 3 is 2.81 bits per heavy atom. The van der Waals surface area contributed by atoms with E-state index in [-0.39, 0.29) is 5.91 Å². The van der Waals surface area contributed by atoms with E-state index in [4.69, 9.17) is 23.2 Å². The molecule has 108 valence electrons. The molecule has 2 N–H and O–H groups in total. The lowest BCUT2D eigenvalue weighted by molar-refractivity contribution is 0.102. The van der Waals surface area contributed by atoms with Crippen LogP contribution in [0.3, 0.4) is 0 Å². The van der Waals surface area contributed by atoms with Crippen LogP contribution >= 0.6 is 23.2 Å². The topological polar surface area (TPSA) is 41.1 Å². The van der Waals surface area contributed by atoms with E-state index in [1.807, 2.05) is 18.2 Å². The van der Waals surface area contributed by atoms with Gasteiger partial charge in [-0.2, -0.15) is 0 Å². The summed E-state index contributed by atoms with van der Waals surface area (Å²) in [5, 5.41) is 7.10. The summed E-state index contributed by atoms with van der Waals surface area (Å²) in [4.78, 5) is 12.3. The Labute approximate surface area is 133 Å². The van der Waals surface area contributed by atoms with Crippen molar-refractivity contribution in [3.05, 3.63) is 63.1 Å². The maximum Gasteiger partial charge on any atom is 0.255 e. The van der Waals surface area contributed by atoms with Gasteiger partial charge in [-0.25, -0.2) is 0 Å². The van der Waals surface area contributed by atoms with E-state index >= 15 is 0 Å². The molecule has 0 fully saturated rings. The van der Waals surface area contributed by atoms with E-state index in [9.17, 15) is 4.79 Å². The lowest BCUT2D eigenvalue weighted by Crippen LogP contribution is -2.24. The van der Waals surface area contributed by atoms with Gasteiger partial charge in [0.15, 0.2) is 0 Å². The lowest BCUT2D eigenvalue weighted by atomic mass is 9.98. The van der Waals surface area contributed by atoms with Gasteiger partial charge in [0, 0.05) is 17.1 Å². The largest absolute Gasteiger partial charge is 0.321 e. The Morgan fingerprint density at radius 2 is 1.95 bits per heavy atom. The number of nitrogens with one attached hydrogen (secondary N) is 2. The maximum atomic E-state index is 12.3. The summed E-state index contributed by atoms with van der Waals surface area (Å²) in [5.41, 5.74) is 3.61. The van der Waals surface area contributed by atoms with Gasteiger partial charge in [0.05, 0.1) is 10.7 Å². The van der Waals surface area contributed by atoms with E-state index in [2.05, 4.69) is 10.6 Å². The first kappa shape index (κ1) is 14.4. The molecule has 3 rings (SSSR count). The number of halogens is 2. The number of rotatable bonds is 2. The van der Waals surface area contributed by atoms with Crippen molar-refractivity contribution >= 4 is 34.8 Å². The van der Waals surface area contributed by atoms with Crippen molar-refractivity contribution in [2.24, 2.45) is 0 Å². The first-order chi connectivity index (χ1) is 10.1. The van der Waals surface area contributed by atoms with Crippen LogP contribution in [0.4, 0.5) is 5.69 Å². The zero-order valence-corrected chi connectivity index (χ0v) is 12.8. The van der Waals surface area contributed by atoms with Gasteiger partial charge in [-0.1, -0.05) is 29.3 Å². The molecule has 1 heterocycles. The standard InChI is InChI=1S/C16H14Cl2N2O/c17-13-3-4-14(18)15(8-13)20-16(21)11-2-1-10-5-6-19-9-12(10)7-11/h1-4,7-8,19H,5-6,9H2,(H,20,21). The number of hydrogen-bond acceptors (Lipinski definition) is 2. The normalized spacial score (nSPS) is 13.6. The summed E-state index contributed by atoms with van der Waals surface area (Å²) in [7, 11) is 0. The molecule has 0 aromatic heterocycles. The fraction of sp³-hybridized carbons (Fsp3) is 0.188. The van der Waals surface area contributed by atoms with Crippen molar-refractivity contribution in [3.63, 3.8) is 0 Å². The fourth-order valence-corrected chi connectivity index (χ4v) is 2.75. The van der Waals surface area contributed by atoms with Crippen molar-refractivity contribution in [1.82, 2.24) is 5.32 Å². The predicted octanol–water partition coefficient (Wildman–Crippen LogP) is 3.89. The highest BCUT2D eigenvalue weighted by Gasteiger charge is 2.13. The van der Waals surface area contributed by atoms with Crippen LogP contribution < -0.4 is 10.6 Å². The summed E-state index contributed by atoms with van der Waals surface area (Å²) in [6.07, 6.45) is 0.997. The van der Waals surface area contributed by atoms with Crippen LogP contribution in [-0.2, 0) is 13.0 Å². The maximum absolute atomic E-state index is 12.3. The number of fused-ring (bicyclic) bond motifs is 1. The van der Waals surface area contributed by atoms with E-state index in [0.717, 1.165) is 19.5 Å². The Hall–Kier alpha value is -1.55. The minimum Gasteiger partial charge on any atom is -0.321 e. The van der Waals surface area contributed by atoms with Gasteiger partial charge in [0.1, 0.15) is 0 Å². The van der Waals surface area contributed by atoms with Crippen LogP contribution in [0.5, 0.6) is 0 Å². The van der Waals surface area contributed by atoms with Gasteiger partial charge in [-0.3, -0.25) is 4.79 Å². The Kier molecular flexibility index (Phi) is 4.15. The third-order valence-electron chi connectivity index (χ3n) is 3.53. The second kappa shape index (κ2) is 6.06. The van der Waals surface area contributed by atoms with E-state index in [0.29, 0.717) is 21.3 Å². The van der Waals surface area contributed by atoms with E-state index in [1.54, 1.807) is 18.2 Å². The Morgan fingerprint density at radius 1 is 1.10 bits per heavy atom. The van der Waals surface area contributed by atoms with Crippen molar-refractivity contribution in [2.45, 2.75) is 13.0 Å². The molecule has 0 bridgehead atoms. The van der Waals surface area contributed by atoms with Crippen LogP contribution in [0.15, 0.2) is 36.4 Å². The van der Waals surface area contributed by atoms with Gasteiger partial charge < -0.3 is 10.6 Å². The summed E-state index contributed by atoms with van der Waals surface area (Å²) in [6, 6.07) is 10.8. The molecule has 2 aromatic rings. The van der Waals surface area contributed by atoms with Crippen LogP contribution in [0, 0.1) is 0 Å². The first-order valence-corrected chi connectivity index (χ1v) is 7.48. The smallest absolute Gasteiger partial charge is 0.255 e. The second-order valence-electron chi connectivity index (χ2n) is 4.99. The van der Waals surface area contributed by atoms with E-state index < -0.39 is 0 Å². The summed E-state index contributed by atoms with van der Waals surface area (Å²) in [5.74, 6) is -0.187. The average molecular weight is 321 g/mol. The molecular weight excluding hydrogens is 307 g/mol. The molecule has 0 aliphatic carbocycles. The zero-order chi connectivity index (χ0) is 14.8. The zero-order valence-electron chi connectivity index (χ0n) is 11.2. The SMILES string of the molecule is O=C(Nc1cc(Cl)ccc1Cl)c1ccc2c(c1)CNCC2. The lowest BCUT2D eigenvalue weighted by Gasteiger charge is -2.17. The highest BCUT2D eigenvalue weighted by molar-refractivity contribution is 6.35. The van der Waals surface area contributed by atoms with Gasteiger partial charge in [0.25, 0.3) is 5.91 Å². The number of hydrogen-bond donors (Lipinski definition) is 2. The molecule has 21 heavy (non-hydrogen) atoms. The molecule has 0 saturated carbocycles. The number of anilines is 1. The molecule has 0 saturated heterocycles. The Bertz CT molecular complexity index is 701. The highest BCUT2D eigenvalue weighted by atomic mass is 35.5. The number of amides is 1. The summed E-state index contributed by atoms with van der Waals surface area (Å²) in [6.45, 7) is 1.78. The summed E-state index contributed by atoms with van der Waals surface area (Å²) < 4.78 is 0. The fourth-order valence-electron chi connectivity index (χ4n) is 2.41. The Balaban J connectivity index is 1.83. The molecule has 3 nitrogen and oxygen atoms in total. The quantitative estimate of drug-likeness (QED) is 0.881. The van der Waals surface area contributed by atoms with Crippen molar-refractivity contribution in [3.8, 4) is 0 Å². The molecular formula is C16H14Cl2N2O. The molecule has 1 aliphatic rings. The van der Waals surface area contributed by atoms with Crippen LogP contribution in [0.2, 0.25) is 10.0 Å². The average Bonchev–Trinajstić information content (AvgIpc) is 2.50. The predicted molar refractivity (Wildman–Crippen MR) is 86.3 cm³/mol. The second-order valence-corrected chi connectivity index (χ2v) is 5.83. The first-order valence-electron chi connectivity index (χ1n) is 6.72. The minimum absolute atomic E-state index is 0.187. The van der Waals surface area contributed by atoms with Crippen molar-refractivity contribution in [1.29, 1.82) is 0 Å². The number of carbonyl (C=O) groups excluding carboxylic acids is 1. The van der Waals surface area contributed by atoms with Gasteiger partial charge >= 0.3 is 0 Å². The monoisotopic (exact) mass is 320 g/mol. The van der Waals surface area contributed by atoms with Gasteiger partial charge in [-0.05, 0) is 54.4 Å². The third kappa shape index (κ3) is 3.21. The van der Waals surface area contributed by atoms with Gasteiger partial charge in [-0.15, -0.1) is 0 Å². The van der Waals surface area contributed by atoms with Crippen LogP contribution in [0.25, 0.3) is 0 Å². The molecule has 1 amide bonds. The molecule has 0 spiro atoms. The van der Waals surface area contributed by atoms with Crippen LogP contribution in [0.1, 0.15) is 21.5 Å². The van der Waals surface area contributed by atoms with Gasteiger partial charge in [0.2, 0.25) is 0 Å². The number of benzene rings is 2. The van der Waals surface area contributed by atoms with Crippen LogP contribution in [-0.4, -0.2) is 12.5 Å². The summed E-state index contributed by atoms with van der Waals surface area (Å²) >= 11 is 12.0. The third-order valence-corrected chi connectivity index (χ3v) is 4.10. The molecule has 2 aromatic carbocycles.